The van der Waals surface area contributed by atoms with Gasteiger partial charge in [0.2, 0.25) is 6.10 Å². The number of fused-ring (bicyclic) bond motifs is 1. The van der Waals surface area contributed by atoms with Gasteiger partial charge in [0.1, 0.15) is 18.0 Å². The fourth-order valence-corrected chi connectivity index (χ4v) is 4.26. The molecule has 28 heavy (non-hydrogen) atoms. The topological polar surface area (TPSA) is 60.4 Å². The summed E-state index contributed by atoms with van der Waals surface area (Å²) in [5.41, 5.74) is 0.713. The Balaban J connectivity index is 1.58. The number of ether oxygens (including phenoxy) is 3. The summed E-state index contributed by atoms with van der Waals surface area (Å²) in [6.07, 6.45) is -0.691. The number of thioether (sulfide) groups is 1. The predicted octanol–water partition coefficient (Wildman–Crippen LogP) is 3.88. The molecular formula is C21H22N2O4S. The van der Waals surface area contributed by atoms with Crippen LogP contribution in [0, 0.1) is 0 Å². The second-order valence-corrected chi connectivity index (χ2v) is 7.51. The molecule has 2 aliphatic heterocycles. The van der Waals surface area contributed by atoms with Crippen molar-refractivity contribution in [1.82, 2.24) is 4.90 Å². The highest BCUT2D eigenvalue weighted by Gasteiger charge is 2.39. The van der Waals surface area contributed by atoms with E-state index in [9.17, 15) is 4.79 Å². The summed E-state index contributed by atoms with van der Waals surface area (Å²) in [7, 11) is 0. The Hall–Kier alpha value is -2.67. The molecule has 0 saturated carbocycles. The van der Waals surface area contributed by atoms with Crippen LogP contribution >= 0.6 is 11.8 Å². The normalized spacial score (nSPS) is 22.4. The van der Waals surface area contributed by atoms with E-state index in [0.717, 1.165) is 5.75 Å². The monoisotopic (exact) mass is 398 g/mol. The van der Waals surface area contributed by atoms with E-state index in [1.807, 2.05) is 62.4 Å². The standard InChI is InChI=1S/C21H22N2O4S/c1-3-25-16-9-5-4-8-15(16)22-21-23(14(2)13-28-21)20(24)19-12-26-17-10-6-7-11-18(17)27-19/h4-11,14,19H,3,12-13H2,1-2H3/t14-,19+/m1/s1. The Morgan fingerprint density at radius 1 is 1.21 bits per heavy atom. The summed E-state index contributed by atoms with van der Waals surface area (Å²) in [6.45, 7) is 4.69. The van der Waals surface area contributed by atoms with Crippen LogP contribution in [0.5, 0.6) is 17.2 Å². The van der Waals surface area contributed by atoms with Crippen LogP contribution in [0.3, 0.4) is 0 Å². The lowest BCUT2D eigenvalue weighted by molar-refractivity contribution is -0.137. The predicted molar refractivity (Wildman–Crippen MR) is 110 cm³/mol. The summed E-state index contributed by atoms with van der Waals surface area (Å²) >= 11 is 1.56. The van der Waals surface area contributed by atoms with Gasteiger partial charge in [-0.1, -0.05) is 36.0 Å². The Morgan fingerprint density at radius 3 is 2.79 bits per heavy atom. The molecule has 146 valence electrons. The lowest BCUT2D eigenvalue weighted by Crippen LogP contribution is -2.49. The average molecular weight is 398 g/mol. The molecule has 2 atom stereocenters. The van der Waals surface area contributed by atoms with E-state index in [1.165, 1.54) is 0 Å². The van der Waals surface area contributed by atoms with E-state index in [1.54, 1.807) is 16.7 Å². The number of para-hydroxylation sites is 4. The number of rotatable bonds is 4. The van der Waals surface area contributed by atoms with Crippen LogP contribution in [-0.2, 0) is 4.79 Å². The van der Waals surface area contributed by atoms with E-state index in [2.05, 4.69) is 0 Å². The van der Waals surface area contributed by atoms with Crippen molar-refractivity contribution < 1.29 is 19.0 Å². The van der Waals surface area contributed by atoms with Gasteiger partial charge in [0, 0.05) is 11.8 Å². The summed E-state index contributed by atoms with van der Waals surface area (Å²) in [4.78, 5) is 19.7. The summed E-state index contributed by atoms with van der Waals surface area (Å²) in [5, 5.41) is 0.659. The number of hydrogen-bond donors (Lipinski definition) is 0. The number of hydrogen-bond acceptors (Lipinski definition) is 6. The molecule has 1 fully saturated rings. The first-order chi connectivity index (χ1) is 13.7. The maximum atomic E-state index is 13.2. The Morgan fingerprint density at radius 2 is 1.96 bits per heavy atom. The van der Waals surface area contributed by atoms with Gasteiger partial charge in [-0.15, -0.1) is 0 Å². The minimum atomic E-state index is -0.691. The van der Waals surface area contributed by atoms with Gasteiger partial charge in [-0.05, 0) is 38.1 Å². The number of aliphatic imine (C=N–C) groups is 1. The van der Waals surface area contributed by atoms with Gasteiger partial charge in [-0.3, -0.25) is 9.69 Å². The van der Waals surface area contributed by atoms with Crippen molar-refractivity contribution in [3.8, 4) is 17.2 Å². The van der Waals surface area contributed by atoms with Crippen molar-refractivity contribution >= 4 is 28.5 Å². The lowest BCUT2D eigenvalue weighted by Gasteiger charge is -2.30. The van der Waals surface area contributed by atoms with E-state index in [0.29, 0.717) is 34.7 Å². The van der Waals surface area contributed by atoms with Gasteiger partial charge in [0.25, 0.3) is 5.91 Å². The third kappa shape index (κ3) is 3.67. The van der Waals surface area contributed by atoms with Gasteiger partial charge in [0.15, 0.2) is 16.7 Å². The maximum absolute atomic E-state index is 13.2. The van der Waals surface area contributed by atoms with Crippen LogP contribution in [0.2, 0.25) is 0 Å². The highest BCUT2D eigenvalue weighted by Crippen LogP contribution is 2.35. The first-order valence-electron chi connectivity index (χ1n) is 9.32. The lowest BCUT2D eigenvalue weighted by atomic mass is 10.2. The van der Waals surface area contributed by atoms with Crippen LogP contribution < -0.4 is 14.2 Å². The van der Waals surface area contributed by atoms with Gasteiger partial charge in [0.05, 0.1) is 6.61 Å². The number of amidine groups is 1. The molecule has 2 aromatic carbocycles. The van der Waals surface area contributed by atoms with E-state index in [-0.39, 0.29) is 18.6 Å². The largest absolute Gasteiger partial charge is 0.492 e. The van der Waals surface area contributed by atoms with Crippen molar-refractivity contribution in [2.45, 2.75) is 26.0 Å². The van der Waals surface area contributed by atoms with Crippen molar-refractivity contribution in [3.05, 3.63) is 48.5 Å². The molecule has 1 saturated heterocycles. The number of amides is 1. The van der Waals surface area contributed by atoms with Crippen LogP contribution in [-0.4, -0.2) is 47.1 Å². The Bertz CT molecular complexity index is 901. The quantitative estimate of drug-likeness (QED) is 0.782. The fourth-order valence-electron chi connectivity index (χ4n) is 3.15. The number of benzene rings is 2. The zero-order chi connectivity index (χ0) is 19.5. The van der Waals surface area contributed by atoms with Gasteiger partial charge < -0.3 is 14.2 Å². The molecule has 1 amide bonds. The third-order valence-electron chi connectivity index (χ3n) is 4.50. The van der Waals surface area contributed by atoms with Gasteiger partial charge in [-0.2, -0.15) is 0 Å². The van der Waals surface area contributed by atoms with Crippen molar-refractivity contribution in [1.29, 1.82) is 0 Å². The van der Waals surface area contributed by atoms with Gasteiger partial charge >= 0.3 is 0 Å². The number of carbonyl (C=O) groups excluding carboxylic acids is 1. The van der Waals surface area contributed by atoms with E-state index in [4.69, 9.17) is 19.2 Å². The minimum absolute atomic E-state index is 0.0243. The molecule has 2 heterocycles. The van der Waals surface area contributed by atoms with E-state index < -0.39 is 6.10 Å². The molecule has 0 aliphatic carbocycles. The zero-order valence-electron chi connectivity index (χ0n) is 15.8. The first-order valence-corrected chi connectivity index (χ1v) is 10.3. The van der Waals surface area contributed by atoms with Crippen LogP contribution in [0.15, 0.2) is 53.5 Å². The molecule has 0 spiro atoms. The van der Waals surface area contributed by atoms with Crippen molar-refractivity contribution in [3.63, 3.8) is 0 Å². The summed E-state index contributed by atoms with van der Waals surface area (Å²) < 4.78 is 17.3. The molecule has 0 N–H and O–H groups in total. The number of nitrogens with zero attached hydrogens (tertiary/aromatic N) is 2. The third-order valence-corrected chi connectivity index (χ3v) is 5.70. The molecule has 0 bridgehead atoms. The Kier molecular flexibility index (Phi) is 5.43. The smallest absolute Gasteiger partial charge is 0.273 e. The highest BCUT2D eigenvalue weighted by molar-refractivity contribution is 8.14. The molecule has 2 aliphatic rings. The summed E-state index contributed by atoms with van der Waals surface area (Å²) in [6, 6.07) is 15.0. The molecule has 0 radical (unpaired) electrons. The van der Waals surface area contributed by atoms with Crippen LogP contribution in [0.4, 0.5) is 5.69 Å². The molecular weight excluding hydrogens is 376 g/mol. The van der Waals surface area contributed by atoms with E-state index >= 15 is 0 Å². The zero-order valence-corrected chi connectivity index (χ0v) is 16.6. The molecule has 0 unspecified atom stereocenters. The second-order valence-electron chi connectivity index (χ2n) is 6.53. The molecule has 4 rings (SSSR count). The summed E-state index contributed by atoms with van der Waals surface area (Å²) in [5.74, 6) is 2.60. The highest BCUT2D eigenvalue weighted by atomic mass is 32.2. The van der Waals surface area contributed by atoms with Crippen LogP contribution in [0.1, 0.15) is 13.8 Å². The second kappa shape index (κ2) is 8.14. The average Bonchev–Trinajstić information content (AvgIpc) is 3.08. The molecule has 6 nitrogen and oxygen atoms in total. The van der Waals surface area contributed by atoms with Gasteiger partial charge in [-0.25, -0.2) is 4.99 Å². The minimum Gasteiger partial charge on any atom is -0.492 e. The van der Waals surface area contributed by atoms with Crippen LogP contribution in [0.25, 0.3) is 0 Å². The number of carbonyl (C=O) groups is 1. The van der Waals surface area contributed by atoms with Crippen molar-refractivity contribution in [2.24, 2.45) is 4.99 Å². The maximum Gasteiger partial charge on any atom is 0.273 e. The fraction of sp³-hybridized carbons (Fsp3) is 0.333. The first kappa shape index (κ1) is 18.7. The SMILES string of the molecule is CCOc1ccccc1N=C1SC[C@@H](C)N1C(=O)[C@@H]1COc2ccccc2O1. The van der Waals surface area contributed by atoms with Crippen molar-refractivity contribution in [2.75, 3.05) is 19.0 Å². The molecule has 2 aromatic rings. The molecule has 7 heteroatoms. The Labute approximate surface area is 168 Å². The molecule has 0 aromatic heterocycles.